The first-order valence-electron chi connectivity index (χ1n) is 8.95. The first-order valence-corrected chi connectivity index (χ1v) is 8.95. The molecule has 4 nitrogen and oxygen atoms in total. The highest BCUT2D eigenvalue weighted by atomic mass is 16.5. The van der Waals surface area contributed by atoms with E-state index in [2.05, 4.69) is 28.5 Å². The van der Waals surface area contributed by atoms with Crippen LogP contribution in [0.5, 0.6) is 5.75 Å². The summed E-state index contributed by atoms with van der Waals surface area (Å²) >= 11 is 0. The second-order valence-electron chi connectivity index (χ2n) is 6.29. The van der Waals surface area contributed by atoms with Crippen LogP contribution in [0.15, 0.2) is 79.1 Å². The Kier molecular flexibility index (Phi) is 5.24. The van der Waals surface area contributed by atoms with Gasteiger partial charge >= 0.3 is 0 Å². The smallest absolute Gasteiger partial charge is 0.151 e. The highest BCUT2D eigenvalue weighted by molar-refractivity contribution is 5.69. The number of nitrogens with zero attached hydrogens (tertiary/aromatic N) is 1. The summed E-state index contributed by atoms with van der Waals surface area (Å²) in [5.74, 6) is 0.849. The summed E-state index contributed by atoms with van der Waals surface area (Å²) in [5, 5.41) is 3.40. The van der Waals surface area contributed by atoms with Crippen LogP contribution >= 0.6 is 0 Å². The molecule has 0 aliphatic carbocycles. The number of para-hydroxylation sites is 1. The van der Waals surface area contributed by atoms with Gasteiger partial charge in [-0.15, -0.1) is 0 Å². The molecule has 0 radical (unpaired) electrons. The van der Waals surface area contributed by atoms with Crippen molar-refractivity contribution in [2.75, 3.05) is 19.7 Å². The summed E-state index contributed by atoms with van der Waals surface area (Å²) in [4.78, 5) is 4.11. The molecule has 26 heavy (non-hydrogen) atoms. The summed E-state index contributed by atoms with van der Waals surface area (Å²) in [6.07, 6.45) is 3.40. The van der Waals surface area contributed by atoms with E-state index in [1.165, 1.54) is 0 Å². The molecule has 0 bridgehead atoms. The molecule has 0 spiro atoms. The molecule has 4 rings (SSSR count). The van der Waals surface area contributed by atoms with Crippen LogP contribution in [0.3, 0.4) is 0 Å². The van der Waals surface area contributed by atoms with Crippen molar-refractivity contribution in [3.05, 3.63) is 84.7 Å². The molecule has 1 saturated heterocycles. The topological polar surface area (TPSA) is 43.4 Å². The van der Waals surface area contributed by atoms with Crippen LogP contribution in [0, 0.1) is 0 Å². The Morgan fingerprint density at radius 2 is 1.73 bits per heavy atom. The minimum atomic E-state index is -0.174. The van der Waals surface area contributed by atoms with Crippen molar-refractivity contribution >= 4 is 0 Å². The number of pyridine rings is 1. The molecule has 1 aromatic heterocycles. The van der Waals surface area contributed by atoms with Crippen LogP contribution in [-0.4, -0.2) is 30.8 Å². The molecule has 4 heteroatoms. The summed E-state index contributed by atoms with van der Waals surface area (Å²) in [6, 6.07) is 22.4. The number of benzene rings is 2. The van der Waals surface area contributed by atoms with Gasteiger partial charge in [0.25, 0.3) is 0 Å². The highest BCUT2D eigenvalue weighted by Crippen LogP contribution is 2.34. The van der Waals surface area contributed by atoms with E-state index in [-0.39, 0.29) is 12.2 Å². The van der Waals surface area contributed by atoms with Crippen molar-refractivity contribution in [2.24, 2.45) is 0 Å². The third-order valence-corrected chi connectivity index (χ3v) is 4.55. The molecule has 3 aromatic rings. The zero-order chi connectivity index (χ0) is 17.6. The second kappa shape index (κ2) is 8.13. The molecule has 132 valence electrons. The number of morpholine rings is 1. The molecular formula is C22H22N2O2. The number of hydrogen-bond acceptors (Lipinski definition) is 4. The molecule has 1 fully saturated rings. The molecule has 1 N–H and O–H groups in total. The fourth-order valence-electron chi connectivity index (χ4n) is 3.26. The van der Waals surface area contributed by atoms with E-state index in [0.717, 1.165) is 35.5 Å². The number of ether oxygens (including phenoxy) is 2. The van der Waals surface area contributed by atoms with Gasteiger partial charge in [-0.3, -0.25) is 4.98 Å². The van der Waals surface area contributed by atoms with Gasteiger partial charge in [0, 0.05) is 31.0 Å². The molecule has 0 amide bonds. The fraction of sp³-hybridized carbons (Fsp3) is 0.227. The van der Waals surface area contributed by atoms with Crippen molar-refractivity contribution in [1.29, 1.82) is 0 Å². The SMILES string of the molecule is c1ccc([C@H](Oc2ccccc2-c2ccncc2)C2CNCCO2)cc1. The lowest BCUT2D eigenvalue weighted by molar-refractivity contribution is -0.0430. The molecule has 1 aliphatic heterocycles. The molecule has 2 heterocycles. The molecule has 1 unspecified atom stereocenters. The van der Waals surface area contributed by atoms with Crippen LogP contribution in [0.4, 0.5) is 0 Å². The van der Waals surface area contributed by atoms with E-state index in [1.807, 2.05) is 48.5 Å². The van der Waals surface area contributed by atoms with Gasteiger partial charge in [-0.1, -0.05) is 48.5 Å². The van der Waals surface area contributed by atoms with Gasteiger partial charge in [-0.05, 0) is 29.3 Å². The van der Waals surface area contributed by atoms with Crippen molar-refractivity contribution in [3.8, 4) is 16.9 Å². The Hall–Kier alpha value is -2.69. The quantitative estimate of drug-likeness (QED) is 0.762. The third-order valence-electron chi connectivity index (χ3n) is 4.55. The number of aromatic nitrogens is 1. The number of rotatable bonds is 5. The van der Waals surface area contributed by atoms with E-state index >= 15 is 0 Å². The predicted octanol–water partition coefficient (Wildman–Crippen LogP) is 3.86. The van der Waals surface area contributed by atoms with Crippen molar-refractivity contribution in [3.63, 3.8) is 0 Å². The van der Waals surface area contributed by atoms with Crippen LogP contribution in [0.2, 0.25) is 0 Å². The number of nitrogens with one attached hydrogen (secondary N) is 1. The normalized spacial score (nSPS) is 18.2. The van der Waals surface area contributed by atoms with Gasteiger partial charge in [0.05, 0.1) is 6.61 Å². The second-order valence-corrected chi connectivity index (χ2v) is 6.29. The third kappa shape index (κ3) is 3.77. The maximum absolute atomic E-state index is 6.54. The van der Waals surface area contributed by atoms with Crippen molar-refractivity contribution in [1.82, 2.24) is 10.3 Å². The van der Waals surface area contributed by atoms with Crippen molar-refractivity contribution < 1.29 is 9.47 Å². The van der Waals surface area contributed by atoms with E-state index < -0.39 is 0 Å². The summed E-state index contributed by atoms with van der Waals surface area (Å²) in [7, 11) is 0. The van der Waals surface area contributed by atoms with Gasteiger partial charge in [0.15, 0.2) is 6.10 Å². The van der Waals surface area contributed by atoms with E-state index in [0.29, 0.717) is 6.61 Å². The highest BCUT2D eigenvalue weighted by Gasteiger charge is 2.28. The van der Waals surface area contributed by atoms with E-state index in [9.17, 15) is 0 Å². The van der Waals surface area contributed by atoms with Gasteiger partial charge in [0.2, 0.25) is 0 Å². The lowest BCUT2D eigenvalue weighted by atomic mass is 10.0. The summed E-state index contributed by atoms with van der Waals surface area (Å²) in [5.41, 5.74) is 3.26. The Morgan fingerprint density at radius 1 is 0.962 bits per heavy atom. The maximum Gasteiger partial charge on any atom is 0.151 e. The molecule has 2 aromatic carbocycles. The summed E-state index contributed by atoms with van der Waals surface area (Å²) in [6.45, 7) is 2.35. The Morgan fingerprint density at radius 3 is 2.50 bits per heavy atom. The molecule has 1 aliphatic rings. The molecule has 0 saturated carbocycles. The summed E-state index contributed by atoms with van der Waals surface area (Å²) < 4.78 is 12.6. The average Bonchev–Trinajstić information content (AvgIpc) is 2.74. The first-order chi connectivity index (χ1) is 12.9. The van der Waals surface area contributed by atoms with Crippen LogP contribution in [-0.2, 0) is 4.74 Å². The van der Waals surface area contributed by atoms with Gasteiger partial charge in [-0.25, -0.2) is 0 Å². The lowest BCUT2D eigenvalue weighted by Crippen LogP contribution is -2.43. The molecular weight excluding hydrogens is 324 g/mol. The lowest BCUT2D eigenvalue weighted by Gasteiger charge is -2.32. The average molecular weight is 346 g/mol. The minimum Gasteiger partial charge on any atom is -0.482 e. The first kappa shape index (κ1) is 16.8. The van der Waals surface area contributed by atoms with Gasteiger partial charge in [0.1, 0.15) is 11.9 Å². The largest absolute Gasteiger partial charge is 0.482 e. The Balaban J connectivity index is 1.68. The van der Waals surface area contributed by atoms with Crippen LogP contribution in [0.1, 0.15) is 11.7 Å². The monoisotopic (exact) mass is 346 g/mol. The van der Waals surface area contributed by atoms with E-state index in [4.69, 9.17) is 9.47 Å². The Bertz CT molecular complexity index is 818. The van der Waals surface area contributed by atoms with Gasteiger partial charge < -0.3 is 14.8 Å². The van der Waals surface area contributed by atoms with Crippen LogP contribution < -0.4 is 10.1 Å². The Labute approximate surface area is 153 Å². The fourth-order valence-corrected chi connectivity index (χ4v) is 3.26. The van der Waals surface area contributed by atoms with Gasteiger partial charge in [-0.2, -0.15) is 0 Å². The molecule has 2 atom stereocenters. The predicted molar refractivity (Wildman–Crippen MR) is 102 cm³/mol. The zero-order valence-corrected chi connectivity index (χ0v) is 14.5. The maximum atomic E-state index is 6.54. The van der Waals surface area contributed by atoms with Crippen LogP contribution in [0.25, 0.3) is 11.1 Å². The zero-order valence-electron chi connectivity index (χ0n) is 14.5. The van der Waals surface area contributed by atoms with Crippen molar-refractivity contribution in [2.45, 2.75) is 12.2 Å². The standard InChI is InChI=1S/C22H22N2O2/c1-2-6-18(7-3-1)22(21-16-24-14-15-25-21)26-20-9-5-4-8-19(20)17-10-12-23-13-11-17/h1-13,21-22,24H,14-16H2/t21?,22-/m0/s1. The number of hydrogen-bond donors (Lipinski definition) is 1. The van der Waals surface area contributed by atoms with E-state index in [1.54, 1.807) is 12.4 Å². The minimum absolute atomic E-state index is 0.0309.